The van der Waals surface area contributed by atoms with Crippen LogP contribution >= 0.6 is 0 Å². The van der Waals surface area contributed by atoms with Crippen LogP contribution in [0.2, 0.25) is 0 Å². The Hall–Kier alpha value is -0.240. The summed E-state index contributed by atoms with van der Waals surface area (Å²) in [5, 5.41) is 10.2. The van der Waals surface area contributed by atoms with Crippen LogP contribution in [0.4, 0.5) is 0 Å². The normalized spacial score (nSPS) is 67.6. The summed E-state index contributed by atoms with van der Waals surface area (Å²) < 4.78 is 34.1. The first-order valence-electron chi connectivity index (χ1n) is 13.6. The standard InChI is InChI=1S/C26H36O6/c27-11-20-21-22(30-25(29-21)16-3-12-1-13(5-16)6-17(25)4-12)23-24(28-20)32-26(31-23)18-7-14-2-15(9-18)10-19(26)8-14/h12-24,27H,1-11H2/t12?,13?,14?,15?,16?,17?,18?,19?,20-,21+,22+,23-,24-,25?,26?/m1/s1. The first kappa shape index (κ1) is 19.0. The van der Waals surface area contributed by atoms with E-state index in [0.717, 1.165) is 23.7 Å². The number of aliphatic hydroxyl groups excluding tert-OH is 1. The maximum atomic E-state index is 10.2. The average Bonchev–Trinajstić information content (AvgIpc) is 3.35. The minimum atomic E-state index is -0.499. The highest BCUT2D eigenvalue weighted by Gasteiger charge is 2.72. The topological polar surface area (TPSA) is 66.4 Å². The predicted octanol–water partition coefficient (Wildman–Crippen LogP) is 3.21. The molecule has 5 atom stereocenters. The minimum absolute atomic E-state index is 0.0578. The summed E-state index contributed by atoms with van der Waals surface area (Å²) in [6, 6.07) is 0. The Bertz CT molecular complexity index is 771. The summed E-state index contributed by atoms with van der Waals surface area (Å²) in [6.45, 7) is -0.0578. The summed E-state index contributed by atoms with van der Waals surface area (Å²) in [6.07, 6.45) is 11.2. The number of hydrogen-bond acceptors (Lipinski definition) is 6. The van der Waals surface area contributed by atoms with E-state index in [1.54, 1.807) is 0 Å². The fourth-order valence-electron chi connectivity index (χ4n) is 10.8. The van der Waals surface area contributed by atoms with Crippen molar-refractivity contribution in [3.8, 4) is 0 Å². The molecule has 11 rings (SSSR count). The van der Waals surface area contributed by atoms with Crippen LogP contribution in [-0.2, 0) is 23.7 Å². The van der Waals surface area contributed by atoms with Crippen LogP contribution in [0.5, 0.6) is 0 Å². The van der Waals surface area contributed by atoms with Gasteiger partial charge in [0.05, 0.1) is 6.61 Å². The Labute approximate surface area is 189 Å². The summed E-state index contributed by atoms with van der Waals surface area (Å²) in [7, 11) is 0. The van der Waals surface area contributed by atoms with Crippen molar-refractivity contribution in [2.75, 3.05) is 6.61 Å². The van der Waals surface area contributed by atoms with Crippen LogP contribution in [0.1, 0.15) is 64.2 Å². The second-order valence-corrected chi connectivity index (χ2v) is 13.1. The predicted molar refractivity (Wildman–Crippen MR) is 111 cm³/mol. The van der Waals surface area contributed by atoms with Gasteiger partial charge in [0, 0.05) is 23.7 Å². The second kappa shape index (κ2) is 6.11. The van der Waals surface area contributed by atoms with Crippen LogP contribution in [0.3, 0.4) is 0 Å². The van der Waals surface area contributed by atoms with E-state index in [0.29, 0.717) is 23.7 Å². The van der Waals surface area contributed by atoms with E-state index in [4.69, 9.17) is 23.7 Å². The van der Waals surface area contributed by atoms with Gasteiger partial charge in [-0.15, -0.1) is 0 Å². The van der Waals surface area contributed by atoms with E-state index in [2.05, 4.69) is 0 Å². The number of fused-ring (bicyclic) bond motifs is 3. The van der Waals surface area contributed by atoms with Gasteiger partial charge < -0.3 is 28.8 Å². The van der Waals surface area contributed by atoms with Gasteiger partial charge in [-0.3, -0.25) is 0 Å². The Morgan fingerprint density at radius 2 is 0.969 bits per heavy atom. The largest absolute Gasteiger partial charge is 0.394 e. The summed E-state index contributed by atoms with van der Waals surface area (Å²) in [5.74, 6) is 4.39. The first-order chi connectivity index (χ1) is 15.6. The lowest BCUT2D eigenvalue weighted by atomic mass is 9.53. The number of ether oxygens (including phenoxy) is 5. The quantitative estimate of drug-likeness (QED) is 0.670. The molecule has 8 bridgehead atoms. The molecule has 0 aromatic carbocycles. The Kier molecular flexibility index (Phi) is 3.63. The van der Waals surface area contributed by atoms with Gasteiger partial charge in [0.2, 0.25) is 0 Å². The zero-order valence-electron chi connectivity index (χ0n) is 18.8. The molecular weight excluding hydrogens is 408 g/mol. The van der Waals surface area contributed by atoms with Crippen molar-refractivity contribution in [2.24, 2.45) is 47.3 Å². The van der Waals surface area contributed by atoms with E-state index in [1.165, 1.54) is 64.2 Å². The molecule has 8 saturated carbocycles. The third kappa shape index (κ3) is 2.20. The van der Waals surface area contributed by atoms with Crippen LogP contribution in [0.15, 0.2) is 0 Å². The monoisotopic (exact) mass is 444 g/mol. The Morgan fingerprint density at radius 1 is 0.531 bits per heavy atom. The molecule has 6 nitrogen and oxygen atoms in total. The van der Waals surface area contributed by atoms with Gasteiger partial charge in [-0.1, -0.05) is 0 Å². The fraction of sp³-hybridized carbons (Fsp3) is 1.00. The van der Waals surface area contributed by atoms with Crippen molar-refractivity contribution in [2.45, 2.75) is 106 Å². The van der Waals surface area contributed by atoms with Gasteiger partial charge in [0.1, 0.15) is 24.4 Å². The first-order valence-corrected chi connectivity index (χ1v) is 13.6. The number of rotatable bonds is 1. The van der Waals surface area contributed by atoms with Crippen molar-refractivity contribution in [3.05, 3.63) is 0 Å². The van der Waals surface area contributed by atoms with Crippen LogP contribution in [0, 0.1) is 47.3 Å². The van der Waals surface area contributed by atoms with Crippen LogP contribution in [0.25, 0.3) is 0 Å². The number of hydrogen-bond donors (Lipinski definition) is 1. The molecule has 11 fully saturated rings. The van der Waals surface area contributed by atoms with Gasteiger partial charge in [-0.05, 0) is 87.9 Å². The highest BCUT2D eigenvalue weighted by Crippen LogP contribution is 2.66. The highest BCUT2D eigenvalue weighted by molar-refractivity contribution is 5.13. The lowest BCUT2D eigenvalue weighted by Crippen LogP contribution is -2.59. The summed E-state index contributed by atoms with van der Waals surface area (Å²) >= 11 is 0. The van der Waals surface area contributed by atoms with Gasteiger partial charge in [0.15, 0.2) is 17.9 Å². The number of aliphatic hydroxyl groups is 1. The van der Waals surface area contributed by atoms with E-state index in [1.807, 2.05) is 0 Å². The molecule has 176 valence electrons. The molecule has 3 aliphatic heterocycles. The van der Waals surface area contributed by atoms with E-state index < -0.39 is 24.0 Å². The molecule has 32 heavy (non-hydrogen) atoms. The van der Waals surface area contributed by atoms with E-state index in [-0.39, 0.29) is 24.9 Å². The fourth-order valence-corrected chi connectivity index (χ4v) is 10.8. The molecule has 1 N–H and O–H groups in total. The molecule has 0 unspecified atom stereocenters. The third-order valence-electron chi connectivity index (χ3n) is 11.6. The molecule has 0 radical (unpaired) electrons. The smallest absolute Gasteiger partial charge is 0.190 e. The van der Waals surface area contributed by atoms with E-state index in [9.17, 15) is 5.11 Å². The Balaban J connectivity index is 1.06. The molecule has 2 spiro atoms. The molecule has 6 heteroatoms. The molecule has 0 aromatic rings. The maximum Gasteiger partial charge on any atom is 0.190 e. The van der Waals surface area contributed by atoms with Gasteiger partial charge in [0.25, 0.3) is 0 Å². The molecule has 3 saturated heterocycles. The van der Waals surface area contributed by atoms with Gasteiger partial charge in [-0.2, -0.15) is 0 Å². The molecule has 0 aromatic heterocycles. The lowest BCUT2D eigenvalue weighted by Gasteiger charge is -2.58. The van der Waals surface area contributed by atoms with Gasteiger partial charge >= 0.3 is 0 Å². The highest BCUT2D eigenvalue weighted by atomic mass is 16.9. The Morgan fingerprint density at radius 3 is 1.47 bits per heavy atom. The van der Waals surface area contributed by atoms with Crippen molar-refractivity contribution < 1.29 is 28.8 Å². The zero-order chi connectivity index (χ0) is 20.8. The van der Waals surface area contributed by atoms with E-state index >= 15 is 0 Å². The second-order valence-electron chi connectivity index (χ2n) is 13.1. The maximum absolute atomic E-state index is 10.2. The molecule has 11 aliphatic rings. The molecular formula is C26H36O6. The van der Waals surface area contributed by atoms with Crippen LogP contribution < -0.4 is 0 Å². The summed E-state index contributed by atoms with van der Waals surface area (Å²) in [4.78, 5) is 0. The average molecular weight is 445 g/mol. The van der Waals surface area contributed by atoms with Crippen molar-refractivity contribution in [1.29, 1.82) is 0 Å². The van der Waals surface area contributed by atoms with Crippen molar-refractivity contribution in [3.63, 3.8) is 0 Å². The lowest BCUT2D eigenvalue weighted by molar-refractivity contribution is -0.325. The van der Waals surface area contributed by atoms with Crippen molar-refractivity contribution in [1.82, 2.24) is 0 Å². The summed E-state index contributed by atoms with van der Waals surface area (Å²) in [5.41, 5.74) is 0. The third-order valence-corrected chi connectivity index (χ3v) is 11.6. The van der Waals surface area contributed by atoms with Gasteiger partial charge in [-0.25, -0.2) is 0 Å². The van der Waals surface area contributed by atoms with Crippen LogP contribution in [-0.4, -0.2) is 54.0 Å². The minimum Gasteiger partial charge on any atom is -0.394 e. The molecule has 8 aliphatic carbocycles. The van der Waals surface area contributed by atoms with Crippen molar-refractivity contribution >= 4 is 0 Å². The SMILES string of the molecule is OC[C@H]1O[C@@H]2OC3(O[C@@H]2[C@H]2OC4(O[C@H]21)C1CC2CC(C1)CC4C2)C1CC2CC(C1)CC3C2. The molecule has 3 heterocycles. The molecule has 0 amide bonds. The zero-order valence-corrected chi connectivity index (χ0v) is 18.8.